The smallest absolute Gasteiger partial charge is 0.316 e. The normalized spacial score (nSPS) is 19.7. The molecule has 1 unspecified atom stereocenters. The number of unbranched alkanes of at least 4 members (excludes halogenated alkanes) is 13. The highest BCUT2D eigenvalue weighted by Crippen LogP contribution is 2.36. The number of halogens is 1. The summed E-state index contributed by atoms with van der Waals surface area (Å²) >= 11 is 0. The Morgan fingerprint density at radius 3 is 1.80 bits per heavy atom. The summed E-state index contributed by atoms with van der Waals surface area (Å²) in [5, 5.41) is 9.53. The summed E-state index contributed by atoms with van der Waals surface area (Å²) in [5.41, 5.74) is 2.17. The first-order valence-electron chi connectivity index (χ1n) is 18.1. The van der Waals surface area contributed by atoms with Gasteiger partial charge >= 0.3 is 5.97 Å². The number of aryl methyl sites for hydroxylation is 2. The first-order valence-corrected chi connectivity index (χ1v) is 18.1. The molecule has 1 aromatic heterocycles. The number of esters is 1. The fourth-order valence-corrected chi connectivity index (χ4v) is 6.88. The monoisotopic (exact) mass is 642 g/mol. The van der Waals surface area contributed by atoms with E-state index in [1.54, 1.807) is 0 Å². The molecule has 3 heterocycles. The lowest BCUT2D eigenvalue weighted by atomic mass is 9.98. The summed E-state index contributed by atoms with van der Waals surface area (Å²) in [7, 11) is 2.17. The van der Waals surface area contributed by atoms with Gasteiger partial charge in [0.15, 0.2) is 12.4 Å². The van der Waals surface area contributed by atoms with Crippen LogP contribution in [-0.2, 0) is 16.1 Å². The van der Waals surface area contributed by atoms with Crippen LogP contribution in [0.15, 0.2) is 54.9 Å². The molecule has 4 rings (SSSR count). The number of hydrogen-bond acceptors (Lipinski definition) is 4. The minimum atomic E-state index is -0.566. The second-order valence-corrected chi connectivity index (χ2v) is 13.4. The Labute approximate surface area is 281 Å². The molecular formula is C39H63ClN2O3. The molecule has 2 aliphatic rings. The lowest BCUT2D eigenvalue weighted by Crippen LogP contribution is -3.00. The molecule has 4 atom stereocenters. The molecule has 2 aliphatic heterocycles. The average molecular weight is 643 g/mol. The van der Waals surface area contributed by atoms with Crippen molar-refractivity contribution >= 4 is 5.97 Å². The van der Waals surface area contributed by atoms with Crippen LogP contribution in [0.25, 0.3) is 0 Å². The molecular weight excluding hydrogens is 580 g/mol. The van der Waals surface area contributed by atoms with Crippen molar-refractivity contribution in [1.29, 1.82) is 0 Å². The number of carbonyl (C=O) groups is 1. The highest BCUT2D eigenvalue weighted by Gasteiger charge is 2.40. The van der Waals surface area contributed by atoms with Gasteiger partial charge in [0.25, 0.3) is 0 Å². The van der Waals surface area contributed by atoms with Crippen molar-refractivity contribution in [1.82, 2.24) is 4.90 Å². The number of aromatic nitrogens is 1. The Kier molecular flexibility index (Phi) is 20.4. The summed E-state index contributed by atoms with van der Waals surface area (Å²) in [5.74, 6) is -0.860. The van der Waals surface area contributed by atoms with Gasteiger partial charge in [-0.1, -0.05) is 114 Å². The van der Waals surface area contributed by atoms with E-state index in [-0.39, 0.29) is 31.1 Å². The molecule has 1 N–H and O–H groups in total. The number of fused-ring (bicyclic) bond motifs is 2. The zero-order chi connectivity index (χ0) is 31.4. The quantitative estimate of drug-likeness (QED) is 0.121. The van der Waals surface area contributed by atoms with Gasteiger partial charge in [-0.2, -0.15) is 0 Å². The number of pyridine rings is 1. The number of hydrogen-bond donors (Lipinski definition) is 1. The molecule has 254 valence electrons. The predicted molar refractivity (Wildman–Crippen MR) is 182 cm³/mol. The summed E-state index contributed by atoms with van der Waals surface area (Å²) in [4.78, 5) is 14.8. The number of aliphatic hydroxyl groups excluding tert-OH is 1. The maximum Gasteiger partial charge on any atom is 0.316 e. The highest BCUT2D eigenvalue weighted by molar-refractivity contribution is 5.78. The van der Waals surface area contributed by atoms with Crippen LogP contribution in [-0.4, -0.2) is 47.8 Å². The average Bonchev–Trinajstić information content (AvgIpc) is 3.22. The maximum atomic E-state index is 12.4. The SMILES string of the molecule is CCCCCCCCCCCCCCCC[n+]1ccc(C)cc1.CN1[C@@H]2CC[C@H]1C[C@@H](OC(=O)C(CO)c1ccccc1)C2.[Cl-]. The summed E-state index contributed by atoms with van der Waals surface area (Å²) < 4.78 is 8.02. The van der Waals surface area contributed by atoms with E-state index in [4.69, 9.17) is 4.74 Å². The standard InChI is InChI=1S/C22H40N.C17H23NO3.ClH/c1-3-4-5-6-7-8-9-10-11-12-13-14-15-16-19-23-20-17-22(2)18-21-23;1-18-13-7-8-14(18)10-15(9-13)21-17(20)16(11-19)12-5-3-2-4-6-12;/h17-18,20-21H,3-16,19H2,1-2H3;2-6,13-16,19H,7-11H2,1H3;1H/q+1;;/p-1/t;13-,14+,15+,16?;. The van der Waals surface area contributed by atoms with E-state index < -0.39 is 5.92 Å². The fraction of sp³-hybridized carbons (Fsp3) is 0.692. The first kappa shape index (κ1) is 39.2. The molecule has 0 amide bonds. The minimum Gasteiger partial charge on any atom is -1.00 e. The topological polar surface area (TPSA) is 53.7 Å². The van der Waals surface area contributed by atoms with Crippen LogP contribution >= 0.6 is 0 Å². The number of nitrogens with zero attached hydrogens (tertiary/aromatic N) is 2. The Morgan fingerprint density at radius 2 is 1.31 bits per heavy atom. The van der Waals surface area contributed by atoms with Gasteiger partial charge in [0, 0.05) is 30.6 Å². The van der Waals surface area contributed by atoms with Gasteiger partial charge in [-0.25, -0.2) is 4.57 Å². The van der Waals surface area contributed by atoms with E-state index in [1.807, 2.05) is 30.3 Å². The van der Waals surface area contributed by atoms with E-state index in [9.17, 15) is 9.90 Å². The third-order valence-corrected chi connectivity index (χ3v) is 9.83. The Bertz CT molecular complexity index is 1000. The van der Waals surface area contributed by atoms with Crippen molar-refractivity contribution in [3.05, 3.63) is 66.0 Å². The molecule has 0 spiro atoms. The van der Waals surface area contributed by atoms with E-state index in [0.29, 0.717) is 12.1 Å². The lowest BCUT2D eigenvalue weighted by Gasteiger charge is -2.36. The molecule has 2 fully saturated rings. The number of ether oxygens (including phenoxy) is 1. The van der Waals surface area contributed by atoms with Gasteiger partial charge in [-0.15, -0.1) is 0 Å². The largest absolute Gasteiger partial charge is 1.00 e. The number of aliphatic hydroxyl groups is 1. The van der Waals surface area contributed by atoms with Gasteiger partial charge in [0.2, 0.25) is 0 Å². The molecule has 0 aliphatic carbocycles. The molecule has 45 heavy (non-hydrogen) atoms. The van der Waals surface area contributed by atoms with E-state index in [0.717, 1.165) is 18.4 Å². The summed E-state index contributed by atoms with van der Waals surface area (Å²) in [6.45, 7) is 5.42. The van der Waals surface area contributed by atoms with Gasteiger partial charge in [0.1, 0.15) is 18.6 Å². The van der Waals surface area contributed by atoms with Crippen LogP contribution in [0.5, 0.6) is 0 Å². The molecule has 2 saturated heterocycles. The maximum absolute atomic E-state index is 12.4. The molecule has 2 bridgehead atoms. The summed E-state index contributed by atoms with van der Waals surface area (Å²) in [6, 6.07) is 14.9. The van der Waals surface area contributed by atoms with E-state index in [1.165, 1.54) is 115 Å². The van der Waals surface area contributed by atoms with Gasteiger partial charge in [-0.3, -0.25) is 4.79 Å². The Balaban J connectivity index is 0.000000307. The molecule has 0 saturated carbocycles. The van der Waals surface area contributed by atoms with Crippen molar-refractivity contribution in [3.8, 4) is 0 Å². The van der Waals surface area contributed by atoms with E-state index >= 15 is 0 Å². The Morgan fingerprint density at radius 1 is 0.822 bits per heavy atom. The van der Waals surface area contributed by atoms with Crippen LogP contribution in [0.2, 0.25) is 0 Å². The lowest BCUT2D eigenvalue weighted by molar-refractivity contribution is -0.697. The van der Waals surface area contributed by atoms with Crippen LogP contribution in [0.4, 0.5) is 0 Å². The molecule has 0 radical (unpaired) electrons. The van der Waals surface area contributed by atoms with Crippen molar-refractivity contribution in [2.24, 2.45) is 0 Å². The third-order valence-electron chi connectivity index (χ3n) is 9.83. The zero-order valence-corrected chi connectivity index (χ0v) is 29.4. The van der Waals surface area contributed by atoms with Gasteiger partial charge in [0.05, 0.1) is 6.61 Å². The molecule has 5 nitrogen and oxygen atoms in total. The van der Waals surface area contributed by atoms with Gasteiger partial charge < -0.3 is 27.2 Å². The van der Waals surface area contributed by atoms with Crippen molar-refractivity contribution in [2.45, 2.75) is 160 Å². The molecule has 6 heteroatoms. The third kappa shape index (κ3) is 15.0. The highest BCUT2D eigenvalue weighted by atomic mass is 35.5. The van der Waals surface area contributed by atoms with Crippen LogP contribution < -0.4 is 17.0 Å². The predicted octanol–water partition coefficient (Wildman–Crippen LogP) is 5.70. The minimum absolute atomic E-state index is 0. The number of benzene rings is 1. The van der Waals surface area contributed by atoms with Crippen molar-refractivity contribution < 1.29 is 31.6 Å². The first-order chi connectivity index (χ1) is 21.5. The van der Waals surface area contributed by atoms with Crippen molar-refractivity contribution in [3.63, 3.8) is 0 Å². The number of rotatable bonds is 19. The second kappa shape index (κ2) is 23.4. The Hall–Kier alpha value is -1.95. The number of piperidine rings is 1. The van der Waals surface area contributed by atoms with Crippen LogP contribution in [0.3, 0.4) is 0 Å². The molecule has 1 aromatic carbocycles. The van der Waals surface area contributed by atoms with Gasteiger partial charge in [-0.05, 0) is 57.2 Å². The van der Waals surface area contributed by atoms with E-state index in [2.05, 4.69) is 54.9 Å². The summed E-state index contributed by atoms with van der Waals surface area (Å²) in [6.07, 6.45) is 28.7. The fourth-order valence-electron chi connectivity index (χ4n) is 6.88. The van der Waals surface area contributed by atoms with Crippen molar-refractivity contribution in [2.75, 3.05) is 13.7 Å². The second-order valence-electron chi connectivity index (χ2n) is 13.4. The zero-order valence-electron chi connectivity index (χ0n) is 28.7. The van der Waals surface area contributed by atoms with Crippen LogP contribution in [0, 0.1) is 6.92 Å². The molecule has 2 aromatic rings. The van der Waals surface area contributed by atoms with Crippen LogP contribution in [0.1, 0.15) is 140 Å². The number of carbonyl (C=O) groups excluding carboxylic acids is 1.